The van der Waals surface area contributed by atoms with Gasteiger partial charge >= 0.3 is 0 Å². The van der Waals surface area contributed by atoms with Gasteiger partial charge < -0.3 is 9.73 Å². The van der Waals surface area contributed by atoms with Crippen LogP contribution < -0.4 is 5.32 Å². The summed E-state index contributed by atoms with van der Waals surface area (Å²) >= 11 is 13.3. The van der Waals surface area contributed by atoms with E-state index in [0.717, 1.165) is 11.3 Å². The molecule has 0 fully saturated rings. The van der Waals surface area contributed by atoms with Gasteiger partial charge in [0, 0.05) is 21.3 Å². The van der Waals surface area contributed by atoms with E-state index in [4.69, 9.17) is 27.6 Å². The molecule has 0 bridgehead atoms. The molecule has 2 aromatic carbocycles. The molecule has 2 aromatic heterocycles. The molecule has 9 heteroatoms. The van der Waals surface area contributed by atoms with Crippen molar-refractivity contribution in [1.29, 1.82) is 0 Å². The topological polar surface area (TPSA) is 73.0 Å². The second-order valence-corrected chi connectivity index (χ2v) is 8.14. The number of carbonyl (C=O) groups is 1. The Kier molecular flexibility index (Phi) is 6.42. The number of thioether (sulfide) groups is 1. The maximum Gasteiger partial charge on any atom is 0.234 e. The van der Waals surface area contributed by atoms with E-state index < -0.39 is 0 Å². The summed E-state index contributed by atoms with van der Waals surface area (Å²) in [4.78, 5) is 12.4. The molecular weight excluding hydrogens is 443 g/mol. The molecule has 30 heavy (non-hydrogen) atoms. The Morgan fingerprint density at radius 2 is 1.87 bits per heavy atom. The van der Waals surface area contributed by atoms with Crippen molar-refractivity contribution in [2.75, 3.05) is 11.1 Å². The quantitative estimate of drug-likeness (QED) is 0.363. The molecule has 0 spiro atoms. The van der Waals surface area contributed by atoms with Crippen LogP contribution in [0.5, 0.6) is 0 Å². The van der Waals surface area contributed by atoms with Crippen LogP contribution in [0.15, 0.2) is 76.5 Å². The molecule has 0 saturated carbocycles. The van der Waals surface area contributed by atoms with Crippen molar-refractivity contribution in [1.82, 2.24) is 14.8 Å². The van der Waals surface area contributed by atoms with Gasteiger partial charge in [-0.1, -0.05) is 41.0 Å². The summed E-state index contributed by atoms with van der Waals surface area (Å²) in [6.45, 7) is 0.441. The molecule has 0 saturated heterocycles. The van der Waals surface area contributed by atoms with Gasteiger partial charge in [-0.2, -0.15) is 0 Å². The number of amides is 1. The zero-order valence-corrected chi connectivity index (χ0v) is 17.9. The van der Waals surface area contributed by atoms with Gasteiger partial charge in [0.25, 0.3) is 0 Å². The fourth-order valence-electron chi connectivity index (χ4n) is 2.80. The lowest BCUT2D eigenvalue weighted by Crippen LogP contribution is -2.14. The van der Waals surface area contributed by atoms with Gasteiger partial charge in [-0.25, -0.2) is 0 Å². The Hall–Kier alpha value is -2.74. The number of carbonyl (C=O) groups excluding carboxylic acids is 1. The molecule has 4 rings (SSSR count). The number of benzene rings is 2. The highest BCUT2D eigenvalue weighted by Gasteiger charge is 2.17. The summed E-state index contributed by atoms with van der Waals surface area (Å²) in [7, 11) is 0. The predicted octanol–water partition coefficient (Wildman–Crippen LogP) is 5.62. The largest absolute Gasteiger partial charge is 0.467 e. The molecule has 4 aromatic rings. The smallest absolute Gasteiger partial charge is 0.234 e. The minimum absolute atomic E-state index is 0.164. The predicted molar refractivity (Wildman–Crippen MR) is 119 cm³/mol. The molecular formula is C21H16Cl2N4O2S. The SMILES string of the molecule is O=C(CSc1nnc(-c2ccc(Cl)cc2)n1Cc1ccco1)Nc1cccc(Cl)c1. The average Bonchev–Trinajstić information content (AvgIpc) is 3.38. The van der Waals surface area contributed by atoms with E-state index in [2.05, 4.69) is 15.5 Å². The Morgan fingerprint density at radius 1 is 1.03 bits per heavy atom. The van der Waals surface area contributed by atoms with Crippen LogP contribution in [0.4, 0.5) is 5.69 Å². The van der Waals surface area contributed by atoms with Crippen LogP contribution in [0.1, 0.15) is 5.76 Å². The number of anilines is 1. The van der Waals surface area contributed by atoms with Gasteiger partial charge in [0.2, 0.25) is 5.91 Å². The first-order valence-corrected chi connectivity index (χ1v) is 10.7. The first-order valence-electron chi connectivity index (χ1n) is 8.98. The maximum absolute atomic E-state index is 12.4. The summed E-state index contributed by atoms with van der Waals surface area (Å²) in [6.07, 6.45) is 1.62. The summed E-state index contributed by atoms with van der Waals surface area (Å²) in [5.74, 6) is 1.43. The summed E-state index contributed by atoms with van der Waals surface area (Å²) in [5.41, 5.74) is 1.51. The fourth-order valence-corrected chi connectivity index (χ4v) is 3.86. The standard InChI is InChI=1S/C21H16Cl2N4O2S/c22-15-8-6-14(7-9-15)20-25-26-21(27(20)12-18-5-2-10-29-18)30-13-19(28)24-17-4-1-3-16(23)11-17/h1-11H,12-13H2,(H,24,28). The lowest BCUT2D eigenvalue weighted by molar-refractivity contribution is -0.113. The normalized spacial score (nSPS) is 10.9. The van der Waals surface area contributed by atoms with Crippen molar-refractivity contribution in [3.8, 4) is 11.4 Å². The number of nitrogens with one attached hydrogen (secondary N) is 1. The van der Waals surface area contributed by atoms with E-state index >= 15 is 0 Å². The number of hydrogen-bond donors (Lipinski definition) is 1. The molecule has 1 amide bonds. The van der Waals surface area contributed by atoms with E-state index in [9.17, 15) is 4.79 Å². The summed E-state index contributed by atoms with van der Waals surface area (Å²) < 4.78 is 7.41. The number of hydrogen-bond acceptors (Lipinski definition) is 5. The number of nitrogens with zero attached hydrogens (tertiary/aromatic N) is 3. The van der Waals surface area contributed by atoms with Gasteiger partial charge in [-0.3, -0.25) is 9.36 Å². The van der Waals surface area contributed by atoms with Crippen molar-refractivity contribution < 1.29 is 9.21 Å². The third-order valence-electron chi connectivity index (χ3n) is 4.15. The number of rotatable bonds is 7. The Labute approximate surface area is 187 Å². The molecule has 0 unspecified atom stereocenters. The second-order valence-electron chi connectivity index (χ2n) is 6.33. The minimum Gasteiger partial charge on any atom is -0.467 e. The molecule has 0 atom stereocenters. The maximum atomic E-state index is 12.4. The first kappa shape index (κ1) is 20.5. The van der Waals surface area contributed by atoms with E-state index in [-0.39, 0.29) is 11.7 Å². The third kappa shape index (κ3) is 5.05. The highest BCUT2D eigenvalue weighted by atomic mass is 35.5. The van der Waals surface area contributed by atoms with Crippen LogP contribution in [-0.4, -0.2) is 26.4 Å². The van der Waals surface area contributed by atoms with Crippen molar-refractivity contribution >= 4 is 46.6 Å². The van der Waals surface area contributed by atoms with Crippen LogP contribution in [-0.2, 0) is 11.3 Å². The van der Waals surface area contributed by atoms with Gasteiger partial charge in [0.1, 0.15) is 5.76 Å². The highest BCUT2D eigenvalue weighted by Crippen LogP contribution is 2.26. The van der Waals surface area contributed by atoms with Gasteiger partial charge in [-0.15, -0.1) is 10.2 Å². The van der Waals surface area contributed by atoms with Crippen molar-refractivity contribution in [2.45, 2.75) is 11.7 Å². The van der Waals surface area contributed by atoms with E-state index in [1.165, 1.54) is 11.8 Å². The zero-order chi connectivity index (χ0) is 20.9. The van der Waals surface area contributed by atoms with Crippen LogP contribution in [0, 0.1) is 0 Å². The zero-order valence-electron chi connectivity index (χ0n) is 15.6. The van der Waals surface area contributed by atoms with Crippen LogP contribution in [0.25, 0.3) is 11.4 Å². The van der Waals surface area contributed by atoms with Crippen molar-refractivity contribution in [3.63, 3.8) is 0 Å². The van der Waals surface area contributed by atoms with Gasteiger partial charge in [0.15, 0.2) is 11.0 Å². The second kappa shape index (κ2) is 9.38. The Balaban J connectivity index is 1.53. The number of halogens is 2. The third-order valence-corrected chi connectivity index (χ3v) is 5.61. The summed E-state index contributed by atoms with van der Waals surface area (Å²) in [5, 5.41) is 13.3. The number of furan rings is 1. The molecule has 0 aliphatic carbocycles. The summed E-state index contributed by atoms with van der Waals surface area (Å²) in [6, 6.07) is 18.1. The molecule has 0 aliphatic rings. The molecule has 152 valence electrons. The van der Waals surface area contributed by atoms with E-state index in [1.54, 1.807) is 42.7 Å². The van der Waals surface area contributed by atoms with E-state index in [0.29, 0.717) is 33.3 Å². The van der Waals surface area contributed by atoms with Crippen LogP contribution in [0.3, 0.4) is 0 Å². The molecule has 1 N–H and O–H groups in total. The van der Waals surface area contributed by atoms with Crippen LogP contribution >= 0.6 is 35.0 Å². The van der Waals surface area contributed by atoms with Crippen LogP contribution in [0.2, 0.25) is 10.0 Å². The first-order chi connectivity index (χ1) is 14.6. The number of aromatic nitrogens is 3. The fraction of sp³-hybridized carbons (Fsp3) is 0.0952. The van der Waals surface area contributed by atoms with Crippen molar-refractivity contribution in [3.05, 3.63) is 82.7 Å². The minimum atomic E-state index is -0.164. The van der Waals surface area contributed by atoms with Crippen molar-refractivity contribution in [2.24, 2.45) is 0 Å². The molecule has 2 heterocycles. The molecule has 0 aliphatic heterocycles. The molecule has 0 radical (unpaired) electrons. The van der Waals surface area contributed by atoms with Gasteiger partial charge in [-0.05, 0) is 54.6 Å². The van der Waals surface area contributed by atoms with E-state index in [1.807, 2.05) is 28.8 Å². The monoisotopic (exact) mass is 458 g/mol. The van der Waals surface area contributed by atoms with Gasteiger partial charge in [0.05, 0.1) is 18.6 Å². The molecule has 6 nitrogen and oxygen atoms in total. The Morgan fingerprint density at radius 3 is 2.60 bits per heavy atom. The lowest BCUT2D eigenvalue weighted by Gasteiger charge is -2.09. The average molecular weight is 459 g/mol. The lowest BCUT2D eigenvalue weighted by atomic mass is 10.2. The Bertz CT molecular complexity index is 1140. The highest BCUT2D eigenvalue weighted by molar-refractivity contribution is 7.99.